The fourth-order valence-corrected chi connectivity index (χ4v) is 3.06. The van der Waals surface area contributed by atoms with Crippen LogP contribution in [-0.2, 0) is 4.79 Å². The Morgan fingerprint density at radius 3 is 2.65 bits per heavy atom. The highest BCUT2D eigenvalue weighted by Gasteiger charge is 2.29. The zero-order valence-electron chi connectivity index (χ0n) is 14.9. The summed E-state index contributed by atoms with van der Waals surface area (Å²) in [5, 5.41) is 14.6. The maximum Gasteiger partial charge on any atom is 0.228 e. The SMILES string of the molecule is Cc1cc([C@H](C)O)ncc1-c1ccc2cc(NC(=O)C3CC3)ncc2c1. The Kier molecular flexibility index (Phi) is 4.17. The van der Waals surface area contributed by atoms with E-state index >= 15 is 0 Å². The van der Waals surface area contributed by atoms with Gasteiger partial charge in [0.1, 0.15) is 5.82 Å². The van der Waals surface area contributed by atoms with E-state index in [4.69, 9.17) is 0 Å². The lowest BCUT2D eigenvalue weighted by atomic mass is 9.99. The Bertz CT molecular complexity index is 994. The second kappa shape index (κ2) is 6.50. The molecule has 0 aliphatic heterocycles. The van der Waals surface area contributed by atoms with E-state index in [9.17, 15) is 9.90 Å². The number of aromatic nitrogens is 2. The molecule has 1 atom stereocenters. The third-order valence-corrected chi connectivity index (χ3v) is 4.79. The van der Waals surface area contributed by atoms with Gasteiger partial charge in [-0.25, -0.2) is 4.98 Å². The third kappa shape index (κ3) is 3.30. The van der Waals surface area contributed by atoms with Crippen molar-refractivity contribution >= 4 is 22.5 Å². The summed E-state index contributed by atoms with van der Waals surface area (Å²) in [7, 11) is 0. The van der Waals surface area contributed by atoms with Gasteiger partial charge in [0.05, 0.1) is 11.8 Å². The third-order valence-electron chi connectivity index (χ3n) is 4.79. The van der Waals surface area contributed by atoms with Crippen molar-refractivity contribution in [2.75, 3.05) is 5.32 Å². The van der Waals surface area contributed by atoms with E-state index in [0.29, 0.717) is 11.5 Å². The van der Waals surface area contributed by atoms with Gasteiger partial charge in [-0.2, -0.15) is 0 Å². The number of aryl methyl sites for hydroxylation is 1. The second-order valence-corrected chi connectivity index (χ2v) is 7.00. The fourth-order valence-electron chi connectivity index (χ4n) is 3.06. The fraction of sp³-hybridized carbons (Fsp3) is 0.286. The topological polar surface area (TPSA) is 75.1 Å². The highest BCUT2D eigenvalue weighted by Crippen LogP contribution is 2.31. The normalized spacial score (nSPS) is 15.0. The number of aliphatic hydroxyl groups is 1. The first-order valence-electron chi connectivity index (χ1n) is 8.87. The zero-order chi connectivity index (χ0) is 18.3. The van der Waals surface area contributed by atoms with Crippen LogP contribution in [0.15, 0.2) is 42.7 Å². The summed E-state index contributed by atoms with van der Waals surface area (Å²) < 4.78 is 0. The average molecular weight is 347 g/mol. The number of nitrogens with zero attached hydrogens (tertiary/aromatic N) is 2. The molecule has 0 radical (unpaired) electrons. The minimum Gasteiger partial charge on any atom is -0.387 e. The van der Waals surface area contributed by atoms with Crippen molar-refractivity contribution in [1.82, 2.24) is 9.97 Å². The van der Waals surface area contributed by atoms with Gasteiger partial charge in [0, 0.05) is 29.3 Å². The number of rotatable bonds is 4. The van der Waals surface area contributed by atoms with Crippen molar-refractivity contribution in [3.05, 3.63) is 54.0 Å². The molecule has 1 aliphatic rings. The van der Waals surface area contributed by atoms with Gasteiger partial charge in [-0.05, 0) is 61.4 Å². The molecule has 1 saturated carbocycles. The molecule has 1 aromatic carbocycles. The molecule has 2 heterocycles. The standard InChI is InChI=1S/C21H21N3O2/c1-12-7-19(13(2)25)22-11-18(12)16-6-5-15-9-20(23-10-17(15)8-16)24-21(26)14-3-4-14/h5-11,13-14,25H,3-4H2,1-2H3,(H,23,24,26)/t13-/m0/s1. The molecule has 2 N–H and O–H groups in total. The first kappa shape index (κ1) is 16.7. The van der Waals surface area contributed by atoms with Crippen LogP contribution in [-0.4, -0.2) is 21.0 Å². The van der Waals surface area contributed by atoms with Crippen LogP contribution in [0.25, 0.3) is 21.9 Å². The molecule has 1 aliphatic carbocycles. The minimum absolute atomic E-state index is 0.0633. The molecule has 26 heavy (non-hydrogen) atoms. The van der Waals surface area contributed by atoms with Crippen LogP contribution in [0.4, 0.5) is 5.82 Å². The second-order valence-electron chi connectivity index (χ2n) is 7.00. The van der Waals surface area contributed by atoms with Gasteiger partial charge in [0.25, 0.3) is 0 Å². The predicted octanol–water partition coefficient (Wildman–Crippen LogP) is 4.01. The molecule has 1 amide bonds. The number of aliphatic hydroxyl groups excluding tert-OH is 1. The van der Waals surface area contributed by atoms with Crippen LogP contribution in [0.3, 0.4) is 0 Å². The number of hydrogen-bond acceptors (Lipinski definition) is 4. The van der Waals surface area contributed by atoms with Gasteiger partial charge >= 0.3 is 0 Å². The number of amides is 1. The molecular formula is C21H21N3O2. The van der Waals surface area contributed by atoms with Crippen LogP contribution in [0.1, 0.15) is 37.1 Å². The van der Waals surface area contributed by atoms with Crippen LogP contribution in [0.5, 0.6) is 0 Å². The summed E-state index contributed by atoms with van der Waals surface area (Å²) in [5.74, 6) is 0.824. The number of anilines is 1. The number of pyridine rings is 2. The van der Waals surface area contributed by atoms with Crippen LogP contribution in [0, 0.1) is 12.8 Å². The Morgan fingerprint density at radius 2 is 1.96 bits per heavy atom. The summed E-state index contributed by atoms with van der Waals surface area (Å²) in [4.78, 5) is 20.6. The summed E-state index contributed by atoms with van der Waals surface area (Å²) in [6, 6.07) is 9.96. The molecule has 132 valence electrons. The number of fused-ring (bicyclic) bond motifs is 1. The molecule has 3 aromatic rings. The zero-order valence-corrected chi connectivity index (χ0v) is 14.9. The predicted molar refractivity (Wildman–Crippen MR) is 102 cm³/mol. The Hall–Kier alpha value is -2.79. The van der Waals surface area contributed by atoms with Crippen LogP contribution >= 0.6 is 0 Å². The molecule has 5 nitrogen and oxygen atoms in total. The number of benzene rings is 1. The molecule has 0 bridgehead atoms. The van der Waals surface area contributed by atoms with E-state index in [0.717, 1.165) is 40.3 Å². The number of nitrogens with one attached hydrogen (secondary N) is 1. The first-order chi connectivity index (χ1) is 12.5. The molecule has 0 saturated heterocycles. The quantitative estimate of drug-likeness (QED) is 0.748. The summed E-state index contributed by atoms with van der Waals surface area (Å²) in [5.41, 5.74) is 3.82. The van der Waals surface area contributed by atoms with Gasteiger partial charge in [-0.3, -0.25) is 9.78 Å². The van der Waals surface area contributed by atoms with Crippen molar-refractivity contribution in [2.24, 2.45) is 5.92 Å². The average Bonchev–Trinajstić information content (AvgIpc) is 3.46. The summed E-state index contributed by atoms with van der Waals surface area (Å²) in [6.07, 6.45) is 4.96. The molecule has 2 aromatic heterocycles. The lowest BCUT2D eigenvalue weighted by molar-refractivity contribution is -0.117. The van der Waals surface area contributed by atoms with E-state index < -0.39 is 6.10 Å². The Morgan fingerprint density at radius 1 is 1.15 bits per heavy atom. The lowest BCUT2D eigenvalue weighted by Gasteiger charge is -2.11. The highest BCUT2D eigenvalue weighted by atomic mass is 16.3. The van der Waals surface area contributed by atoms with Crippen molar-refractivity contribution in [3.8, 4) is 11.1 Å². The van der Waals surface area contributed by atoms with Gasteiger partial charge in [-0.1, -0.05) is 12.1 Å². The van der Waals surface area contributed by atoms with Gasteiger partial charge in [0.15, 0.2) is 0 Å². The van der Waals surface area contributed by atoms with Crippen LogP contribution < -0.4 is 5.32 Å². The summed E-state index contributed by atoms with van der Waals surface area (Å²) in [6.45, 7) is 3.73. The van der Waals surface area contributed by atoms with Gasteiger partial charge in [0.2, 0.25) is 5.91 Å². The van der Waals surface area contributed by atoms with Gasteiger partial charge in [-0.15, -0.1) is 0 Å². The molecule has 0 unspecified atom stereocenters. The molecule has 0 spiro atoms. The summed E-state index contributed by atoms with van der Waals surface area (Å²) >= 11 is 0. The number of carbonyl (C=O) groups is 1. The first-order valence-corrected chi connectivity index (χ1v) is 8.87. The van der Waals surface area contributed by atoms with E-state index in [-0.39, 0.29) is 11.8 Å². The molecule has 5 heteroatoms. The van der Waals surface area contributed by atoms with Gasteiger partial charge < -0.3 is 10.4 Å². The molecule has 4 rings (SSSR count). The van der Waals surface area contributed by atoms with E-state index in [1.54, 1.807) is 19.3 Å². The smallest absolute Gasteiger partial charge is 0.228 e. The lowest BCUT2D eigenvalue weighted by Crippen LogP contribution is -2.14. The largest absolute Gasteiger partial charge is 0.387 e. The highest BCUT2D eigenvalue weighted by molar-refractivity contribution is 5.96. The molecule has 1 fully saturated rings. The van der Waals surface area contributed by atoms with Crippen LogP contribution in [0.2, 0.25) is 0 Å². The van der Waals surface area contributed by atoms with Crippen molar-refractivity contribution in [2.45, 2.75) is 32.8 Å². The van der Waals surface area contributed by atoms with E-state index in [1.165, 1.54) is 0 Å². The maximum absolute atomic E-state index is 11.9. The van der Waals surface area contributed by atoms with Crippen molar-refractivity contribution < 1.29 is 9.90 Å². The van der Waals surface area contributed by atoms with E-state index in [2.05, 4.69) is 21.4 Å². The number of hydrogen-bond donors (Lipinski definition) is 2. The Balaban J connectivity index is 1.64. The minimum atomic E-state index is -0.576. The number of carbonyl (C=O) groups excluding carboxylic acids is 1. The molecular weight excluding hydrogens is 326 g/mol. The Labute approximate surface area is 152 Å². The maximum atomic E-state index is 11.9. The van der Waals surface area contributed by atoms with Crippen molar-refractivity contribution in [3.63, 3.8) is 0 Å². The van der Waals surface area contributed by atoms with Crippen molar-refractivity contribution in [1.29, 1.82) is 0 Å². The van der Waals surface area contributed by atoms with E-state index in [1.807, 2.05) is 31.2 Å². The monoisotopic (exact) mass is 347 g/mol.